The first-order valence-electron chi connectivity index (χ1n) is 28.8. The molecule has 4 aliphatic heterocycles. The second kappa shape index (κ2) is 27.7. The smallest absolute Gasteiger partial charge is 0.410 e. The van der Waals surface area contributed by atoms with Gasteiger partial charge in [-0.15, -0.1) is 12.3 Å². The summed E-state index contributed by atoms with van der Waals surface area (Å²) >= 11 is 1.91. The number of alkyl halides is 6. The Morgan fingerprint density at radius 1 is 0.626 bits per heavy atom. The fourth-order valence-electron chi connectivity index (χ4n) is 10.4. The van der Waals surface area contributed by atoms with Crippen molar-refractivity contribution in [3.8, 4) is 35.7 Å². The normalized spacial score (nSPS) is 23.6. The average molecular weight is 1390 g/mol. The predicted octanol–water partition coefficient (Wildman–Crippen LogP) is 4.83. The summed E-state index contributed by atoms with van der Waals surface area (Å²) in [7, 11) is 0. The molecule has 0 radical (unpaired) electrons. The summed E-state index contributed by atoms with van der Waals surface area (Å²) in [4.78, 5) is 77.3. The van der Waals surface area contributed by atoms with Gasteiger partial charge in [0.1, 0.15) is 46.9 Å². The Bertz CT molecular complexity index is 3760. The van der Waals surface area contributed by atoms with Gasteiger partial charge in [-0.2, -0.15) is 26.3 Å². The molecule has 12 rings (SSSR count). The van der Waals surface area contributed by atoms with Crippen molar-refractivity contribution in [1.29, 1.82) is 0 Å². The van der Waals surface area contributed by atoms with Crippen molar-refractivity contribution in [2.75, 3.05) is 37.6 Å². The maximum Gasteiger partial charge on any atom is 0.416 e. The molecule has 0 bridgehead atoms. The summed E-state index contributed by atoms with van der Waals surface area (Å²) in [6, 6.07) is 8.66. The Labute approximate surface area is 527 Å². The minimum atomic E-state index is -4.54. The monoisotopic (exact) mass is 1390 g/mol. The summed E-state index contributed by atoms with van der Waals surface area (Å²) < 4.78 is 101. The highest BCUT2D eigenvalue weighted by Gasteiger charge is 2.50. The number of benzene rings is 2. The molecule has 33 heteroatoms. The molecule has 484 valence electrons. The number of hydrogen-bond donors (Lipinski definition) is 8. The zero-order valence-corrected chi connectivity index (χ0v) is 50.2. The number of nitrogens with zero attached hydrogens (tertiary/aromatic N) is 10. The minimum Gasteiger partial charge on any atom is -0.410 e. The third-order valence-corrected chi connectivity index (χ3v) is 16.2. The Hall–Kier alpha value is -8.19. The SMILES string of the molecule is C#CCC1CCN(C(=O)Oc2cccc(C(F)(F)F)c2)CC1.Nc1nc(C#CCC2CCN(C(=O)Oc3cccc(C(F)(F)F)c3)CC2)nc2c1ncn2[C@@H]1O[C@H](C(=O)NC2CC2)C(O)[C@@H]1O.Nc1nc(I)nc2c1ncn2[C@@H]1O[C@H](C(=O)NC2CC2)C(O)[C@@H]1O. The number of fused-ring (bicyclic) bond motifs is 2. The van der Waals surface area contributed by atoms with Gasteiger partial charge in [-0.05, 0) is 106 Å². The second-order valence-electron chi connectivity index (χ2n) is 22.4. The number of aromatic nitrogens is 8. The van der Waals surface area contributed by atoms with Crippen molar-refractivity contribution in [2.24, 2.45) is 11.8 Å². The lowest BCUT2D eigenvalue weighted by Crippen LogP contribution is -2.43. The average Bonchev–Trinajstić information content (AvgIpc) is 1.72. The quantitative estimate of drug-likeness (QED) is 0.0394. The largest absolute Gasteiger partial charge is 0.416 e. The highest BCUT2D eigenvalue weighted by Crippen LogP contribution is 2.37. The van der Waals surface area contributed by atoms with Gasteiger partial charge in [0.25, 0.3) is 11.8 Å². The fraction of sp³-hybridized carbons (Fsp3) is 0.483. The van der Waals surface area contributed by atoms with Crippen LogP contribution in [0.15, 0.2) is 61.2 Å². The van der Waals surface area contributed by atoms with Crippen LogP contribution in [0.2, 0.25) is 0 Å². The van der Waals surface area contributed by atoms with Crippen molar-refractivity contribution in [2.45, 2.75) is 138 Å². The van der Waals surface area contributed by atoms with Gasteiger partial charge < -0.3 is 71.3 Å². The number of piperidine rings is 2. The number of aliphatic hydroxyl groups excluding tert-OH is 4. The second-order valence-corrected chi connectivity index (χ2v) is 23.4. The summed E-state index contributed by atoms with van der Waals surface area (Å²) in [6.07, 6.45) is -5.00. The third kappa shape index (κ3) is 15.9. The topological polar surface area (TPSA) is 356 Å². The number of aliphatic hydroxyl groups is 4. The summed E-state index contributed by atoms with van der Waals surface area (Å²) in [5.74, 6) is 8.19. The highest BCUT2D eigenvalue weighted by atomic mass is 127. The first-order chi connectivity index (χ1) is 43.3. The highest BCUT2D eigenvalue weighted by molar-refractivity contribution is 14.1. The van der Waals surface area contributed by atoms with Gasteiger partial charge in [-0.25, -0.2) is 39.5 Å². The molecule has 4 saturated heterocycles. The third-order valence-electron chi connectivity index (χ3n) is 15.7. The van der Waals surface area contributed by atoms with Crippen molar-refractivity contribution in [3.63, 3.8) is 0 Å². The Morgan fingerprint density at radius 3 is 1.48 bits per heavy atom. The Kier molecular flexibility index (Phi) is 20.0. The van der Waals surface area contributed by atoms with E-state index in [1.54, 1.807) is 0 Å². The van der Waals surface area contributed by atoms with E-state index in [1.807, 2.05) is 22.6 Å². The molecule has 8 atom stereocenters. The van der Waals surface area contributed by atoms with E-state index in [0.717, 1.165) is 62.8 Å². The van der Waals surface area contributed by atoms with Crippen LogP contribution >= 0.6 is 22.6 Å². The van der Waals surface area contributed by atoms with Crippen LogP contribution in [0.5, 0.6) is 11.5 Å². The number of carbonyl (C=O) groups is 4. The molecule has 0 spiro atoms. The number of hydrogen-bond acceptors (Lipinski definition) is 20. The number of nitrogens with two attached hydrogens (primary N) is 2. The first-order valence-corrected chi connectivity index (χ1v) is 29.9. The molecule has 4 aromatic heterocycles. The zero-order chi connectivity index (χ0) is 65.1. The van der Waals surface area contributed by atoms with Crippen molar-refractivity contribution in [1.82, 2.24) is 59.5 Å². The molecule has 2 unspecified atom stereocenters. The van der Waals surface area contributed by atoms with Crippen molar-refractivity contribution >= 4 is 80.6 Å². The number of halogens is 7. The van der Waals surface area contributed by atoms with E-state index in [0.29, 0.717) is 72.8 Å². The lowest BCUT2D eigenvalue weighted by molar-refractivity contribution is -0.138. The molecular formula is C58H61F6IN14O12. The van der Waals surface area contributed by atoms with E-state index in [1.165, 1.54) is 55.9 Å². The van der Waals surface area contributed by atoms with Crippen LogP contribution in [-0.2, 0) is 31.4 Å². The van der Waals surface area contributed by atoms with Gasteiger partial charge in [-0.3, -0.25) is 18.7 Å². The number of amides is 4. The molecule has 6 aromatic rings. The van der Waals surface area contributed by atoms with Crippen LogP contribution in [0.4, 0.5) is 47.6 Å². The first kappa shape index (κ1) is 65.8. The number of carbonyl (C=O) groups excluding carboxylic acids is 4. The van der Waals surface area contributed by atoms with Gasteiger partial charge in [-0.1, -0.05) is 18.1 Å². The minimum absolute atomic E-state index is 0.0479. The van der Waals surface area contributed by atoms with Crippen LogP contribution < -0.4 is 31.6 Å². The predicted molar refractivity (Wildman–Crippen MR) is 315 cm³/mol. The van der Waals surface area contributed by atoms with Gasteiger partial charge >= 0.3 is 24.5 Å². The lowest BCUT2D eigenvalue weighted by Gasteiger charge is -2.30. The van der Waals surface area contributed by atoms with Crippen molar-refractivity contribution in [3.05, 3.63) is 82.0 Å². The maximum absolute atomic E-state index is 13.0. The van der Waals surface area contributed by atoms with Gasteiger partial charge in [0, 0.05) is 73.7 Å². The van der Waals surface area contributed by atoms with Crippen LogP contribution in [0, 0.1) is 39.9 Å². The van der Waals surface area contributed by atoms with Crippen LogP contribution in [0.25, 0.3) is 22.3 Å². The Morgan fingerprint density at radius 2 is 1.05 bits per heavy atom. The standard InChI is InChI=1S/C29H30F3N7O6.C16H16F3NO2.C13H15IN6O4/c30-29(31,32)16-4-2-5-18(13-16)44-28(43)38-11-9-15(10-12-38)3-1-6-19-36-24(33)20-25(37-19)39(14-34-20)27-22(41)21(40)23(45-27)26(42)35-17-7-8-17;1-2-4-12-7-9-20(10-8-12)15(21)22-14-6-3-5-13(11-14)16(17,18)19;14-13-18-9(15)5-10(19-13)20(3-16-5)12-7(22)6(21)8(24-12)11(23)17-4-1-2-4/h2,4-5,13-15,17,21-23,27,40-41H,3,7-12H2,(H,35,42)(H2,33,36,37);1,3,5-6,11-12H,4,7-10H2;3-4,6-8,12,21-22H,1-2H2,(H,17,23)(H2,15,18,19)/t21?,22-,23-,27+;;6?,7-,8-,12+/m0.0/s1. The lowest BCUT2D eigenvalue weighted by atomic mass is 9.94. The van der Waals surface area contributed by atoms with Crippen molar-refractivity contribution < 1.29 is 84.9 Å². The summed E-state index contributed by atoms with van der Waals surface area (Å²) in [5, 5.41) is 47.2. The molecule has 6 aliphatic rings. The van der Waals surface area contributed by atoms with E-state index in [2.05, 4.69) is 58.3 Å². The molecular weight excluding hydrogens is 1330 g/mol. The fourth-order valence-corrected chi connectivity index (χ4v) is 10.9. The number of terminal acetylenes is 1. The summed E-state index contributed by atoms with van der Waals surface area (Å²) in [5.41, 5.74) is 11.4. The molecule has 91 heavy (non-hydrogen) atoms. The van der Waals surface area contributed by atoms with Gasteiger partial charge in [0.05, 0.1) is 23.8 Å². The number of anilines is 2. The van der Waals surface area contributed by atoms with E-state index >= 15 is 0 Å². The van der Waals surface area contributed by atoms with Crippen LogP contribution in [0.1, 0.15) is 93.6 Å². The molecule has 4 amide bonds. The number of ether oxygens (including phenoxy) is 4. The Balaban J connectivity index is 0.000000166. The van der Waals surface area contributed by atoms with Crippen LogP contribution in [-0.4, -0.2) is 168 Å². The van der Waals surface area contributed by atoms with Crippen LogP contribution in [0.3, 0.4) is 0 Å². The number of likely N-dealkylation sites (tertiary alicyclic amines) is 2. The van der Waals surface area contributed by atoms with E-state index < -0.39 is 96.6 Å². The molecule has 6 fully saturated rings. The summed E-state index contributed by atoms with van der Waals surface area (Å²) in [6.45, 7) is 1.72. The number of nitrogens with one attached hydrogen (secondary N) is 2. The van der Waals surface area contributed by atoms with Gasteiger partial charge in [0.15, 0.2) is 51.4 Å². The number of rotatable bonds is 10. The molecule has 26 nitrogen and oxygen atoms in total. The van der Waals surface area contributed by atoms with Gasteiger partial charge in [0.2, 0.25) is 5.82 Å². The van der Waals surface area contributed by atoms with E-state index in [9.17, 15) is 65.9 Å². The van der Waals surface area contributed by atoms with E-state index in [4.69, 9.17) is 36.8 Å². The molecule has 2 aliphatic carbocycles. The molecule has 2 saturated carbocycles. The number of nitrogen functional groups attached to an aromatic ring is 2. The van der Waals surface area contributed by atoms with E-state index in [-0.39, 0.29) is 58.1 Å². The maximum atomic E-state index is 13.0. The zero-order valence-electron chi connectivity index (χ0n) is 48.0. The molecule has 10 N–H and O–H groups in total. The number of imidazole rings is 2. The molecule has 8 heterocycles. The molecule has 2 aromatic carbocycles.